The van der Waals surface area contributed by atoms with Crippen molar-refractivity contribution in [2.24, 2.45) is 0 Å². The van der Waals surface area contributed by atoms with Crippen LogP contribution in [0.15, 0.2) is 35.1 Å². The zero-order valence-electron chi connectivity index (χ0n) is 15.3. The molecule has 7 nitrogen and oxygen atoms in total. The van der Waals surface area contributed by atoms with Crippen LogP contribution in [0.1, 0.15) is 28.7 Å². The Balaban J connectivity index is 1.82. The van der Waals surface area contributed by atoms with E-state index in [4.69, 9.17) is 4.74 Å². The number of aromatic nitrogens is 2. The zero-order valence-corrected chi connectivity index (χ0v) is 15.3. The standard InChI is InChI=1S/C21H17FN2O5/c22-6-5-21(28)15-7-17-18-12(8-24(17)19(26)14(15)10-29-20(21)27)13(9-25)11-3-1-2-4-16(11)23-18/h1-4,7,25,28H,5-6,8-10H2. The quantitative estimate of drug-likeness (QED) is 0.509. The summed E-state index contributed by atoms with van der Waals surface area (Å²) in [5.74, 6) is -0.965. The molecule has 0 bridgehead atoms. The highest BCUT2D eigenvalue weighted by molar-refractivity contribution is 5.88. The highest BCUT2D eigenvalue weighted by Crippen LogP contribution is 2.40. The molecule has 2 N–H and O–H groups in total. The minimum Gasteiger partial charge on any atom is -0.458 e. The molecule has 0 aliphatic carbocycles. The first kappa shape index (κ1) is 18.0. The summed E-state index contributed by atoms with van der Waals surface area (Å²) < 4.78 is 19.5. The average Bonchev–Trinajstić information content (AvgIpc) is 3.08. The van der Waals surface area contributed by atoms with Crippen molar-refractivity contribution in [1.82, 2.24) is 9.55 Å². The van der Waals surface area contributed by atoms with Crippen molar-refractivity contribution in [3.05, 3.63) is 62.9 Å². The van der Waals surface area contributed by atoms with Crippen molar-refractivity contribution >= 4 is 16.9 Å². The fourth-order valence-corrected chi connectivity index (χ4v) is 4.33. The van der Waals surface area contributed by atoms with Crippen LogP contribution in [0.25, 0.3) is 22.3 Å². The number of carbonyl (C=O) groups is 1. The van der Waals surface area contributed by atoms with E-state index < -0.39 is 30.2 Å². The molecule has 2 aliphatic heterocycles. The normalized spacial score (nSPS) is 19.6. The summed E-state index contributed by atoms with van der Waals surface area (Å²) in [6.07, 6.45) is -0.498. The minimum absolute atomic E-state index is 0.0657. The lowest BCUT2D eigenvalue weighted by molar-refractivity contribution is -0.173. The third kappa shape index (κ3) is 2.33. The third-order valence-corrected chi connectivity index (χ3v) is 5.82. The zero-order chi connectivity index (χ0) is 20.3. The number of fused-ring (bicyclic) bond motifs is 5. The number of pyridine rings is 2. The van der Waals surface area contributed by atoms with Gasteiger partial charge < -0.3 is 19.5 Å². The highest BCUT2D eigenvalue weighted by atomic mass is 19.1. The summed E-state index contributed by atoms with van der Waals surface area (Å²) in [7, 11) is 0. The molecular formula is C21H17FN2O5. The average molecular weight is 396 g/mol. The van der Waals surface area contributed by atoms with Crippen LogP contribution in [0.5, 0.6) is 0 Å². The first-order valence-corrected chi connectivity index (χ1v) is 9.24. The van der Waals surface area contributed by atoms with E-state index in [-0.39, 0.29) is 30.9 Å². The summed E-state index contributed by atoms with van der Waals surface area (Å²) in [6, 6.07) is 8.88. The van der Waals surface area contributed by atoms with Gasteiger partial charge in [0.1, 0.15) is 6.61 Å². The molecule has 0 amide bonds. The number of nitrogens with zero attached hydrogens (tertiary/aromatic N) is 2. The molecule has 1 atom stereocenters. The van der Waals surface area contributed by atoms with Crippen LogP contribution in [0.3, 0.4) is 0 Å². The van der Waals surface area contributed by atoms with Crippen molar-refractivity contribution in [2.75, 3.05) is 6.67 Å². The van der Waals surface area contributed by atoms with Gasteiger partial charge in [0.25, 0.3) is 5.56 Å². The number of esters is 1. The summed E-state index contributed by atoms with van der Waals surface area (Å²) in [5, 5.41) is 21.6. The number of rotatable bonds is 3. The Hall–Kier alpha value is -3.10. The number of ether oxygens (including phenoxy) is 1. The molecule has 148 valence electrons. The molecular weight excluding hydrogens is 379 g/mol. The number of alkyl halides is 1. The Kier molecular flexibility index (Phi) is 3.84. The molecule has 2 aliphatic rings. The SMILES string of the molecule is O=C1OCc2c(cc3n(c2=O)Cc2c-3nc3ccccc3c2CO)C1(O)CCF. The first-order valence-electron chi connectivity index (χ1n) is 9.24. The van der Waals surface area contributed by atoms with E-state index in [9.17, 15) is 24.2 Å². The van der Waals surface area contributed by atoms with Crippen molar-refractivity contribution in [3.8, 4) is 11.4 Å². The van der Waals surface area contributed by atoms with E-state index in [0.717, 1.165) is 5.39 Å². The van der Waals surface area contributed by atoms with Gasteiger partial charge in [0, 0.05) is 22.9 Å². The van der Waals surface area contributed by atoms with Crippen molar-refractivity contribution in [2.45, 2.75) is 31.8 Å². The van der Waals surface area contributed by atoms with Crippen LogP contribution in [-0.4, -0.2) is 32.4 Å². The second-order valence-electron chi connectivity index (χ2n) is 7.28. The van der Waals surface area contributed by atoms with Gasteiger partial charge in [-0.2, -0.15) is 0 Å². The van der Waals surface area contributed by atoms with E-state index in [1.807, 2.05) is 24.3 Å². The van der Waals surface area contributed by atoms with E-state index in [1.165, 1.54) is 10.6 Å². The molecule has 29 heavy (non-hydrogen) atoms. The van der Waals surface area contributed by atoms with Gasteiger partial charge in [-0.3, -0.25) is 9.18 Å². The third-order valence-electron chi connectivity index (χ3n) is 5.82. The van der Waals surface area contributed by atoms with Crippen LogP contribution in [-0.2, 0) is 34.9 Å². The maximum absolute atomic E-state index is 13.1. The highest BCUT2D eigenvalue weighted by Gasteiger charge is 2.46. The number of para-hydroxylation sites is 1. The first-order chi connectivity index (χ1) is 14.0. The number of halogens is 1. The predicted molar refractivity (Wildman–Crippen MR) is 101 cm³/mol. The van der Waals surface area contributed by atoms with Gasteiger partial charge in [-0.15, -0.1) is 0 Å². The second-order valence-corrected chi connectivity index (χ2v) is 7.28. The number of aliphatic hydroxyl groups is 2. The largest absolute Gasteiger partial charge is 0.458 e. The van der Waals surface area contributed by atoms with Gasteiger partial charge in [0.05, 0.1) is 42.3 Å². The Morgan fingerprint density at radius 1 is 1.24 bits per heavy atom. The van der Waals surface area contributed by atoms with Crippen molar-refractivity contribution < 1.29 is 24.1 Å². The molecule has 0 spiro atoms. The van der Waals surface area contributed by atoms with Crippen molar-refractivity contribution in [3.63, 3.8) is 0 Å². The number of aliphatic hydroxyl groups excluding tert-OH is 1. The van der Waals surface area contributed by atoms with E-state index in [2.05, 4.69) is 4.98 Å². The van der Waals surface area contributed by atoms with Crippen LogP contribution < -0.4 is 5.56 Å². The summed E-state index contributed by atoms with van der Waals surface area (Å²) in [5.41, 5.74) is 0.551. The van der Waals surface area contributed by atoms with Crippen LogP contribution in [0.2, 0.25) is 0 Å². The molecule has 3 aromatic rings. The Morgan fingerprint density at radius 3 is 2.79 bits per heavy atom. The molecule has 4 heterocycles. The topological polar surface area (TPSA) is 102 Å². The smallest absolute Gasteiger partial charge is 0.343 e. The van der Waals surface area contributed by atoms with Crippen LogP contribution in [0.4, 0.5) is 4.39 Å². The van der Waals surface area contributed by atoms with Crippen LogP contribution >= 0.6 is 0 Å². The van der Waals surface area contributed by atoms with Crippen LogP contribution in [0, 0.1) is 0 Å². The Bertz CT molecular complexity index is 1250. The fourth-order valence-electron chi connectivity index (χ4n) is 4.33. The maximum atomic E-state index is 13.1. The van der Waals surface area contributed by atoms with Gasteiger partial charge in [0.2, 0.25) is 0 Å². The van der Waals surface area contributed by atoms with Gasteiger partial charge >= 0.3 is 5.97 Å². The molecule has 0 radical (unpaired) electrons. The Morgan fingerprint density at radius 2 is 2.03 bits per heavy atom. The van der Waals surface area contributed by atoms with E-state index in [0.29, 0.717) is 28.0 Å². The maximum Gasteiger partial charge on any atom is 0.343 e. The molecule has 1 aromatic carbocycles. The molecule has 1 unspecified atom stereocenters. The molecule has 0 fully saturated rings. The lowest BCUT2D eigenvalue weighted by Gasteiger charge is -2.31. The molecule has 0 saturated heterocycles. The number of benzene rings is 1. The molecule has 2 aromatic heterocycles. The number of hydrogen-bond donors (Lipinski definition) is 2. The molecule has 8 heteroatoms. The summed E-state index contributed by atoms with van der Waals surface area (Å²) >= 11 is 0. The Labute approximate surface area is 164 Å². The number of carbonyl (C=O) groups excluding carboxylic acids is 1. The van der Waals surface area contributed by atoms with Gasteiger partial charge in [-0.05, 0) is 17.7 Å². The van der Waals surface area contributed by atoms with Crippen molar-refractivity contribution in [1.29, 1.82) is 0 Å². The monoisotopic (exact) mass is 396 g/mol. The van der Waals surface area contributed by atoms with E-state index >= 15 is 0 Å². The molecule has 5 rings (SSSR count). The van der Waals surface area contributed by atoms with Gasteiger partial charge in [-0.1, -0.05) is 18.2 Å². The lowest BCUT2D eigenvalue weighted by atomic mass is 9.85. The van der Waals surface area contributed by atoms with Gasteiger partial charge in [0.15, 0.2) is 5.60 Å². The summed E-state index contributed by atoms with van der Waals surface area (Å²) in [4.78, 5) is 30.0. The second kappa shape index (κ2) is 6.20. The number of cyclic esters (lactones) is 1. The number of hydrogen-bond acceptors (Lipinski definition) is 6. The van der Waals surface area contributed by atoms with E-state index in [1.54, 1.807) is 0 Å². The lowest BCUT2D eigenvalue weighted by Crippen LogP contribution is -2.45. The molecule has 0 saturated carbocycles. The summed E-state index contributed by atoms with van der Waals surface area (Å²) in [6.45, 7) is -1.24. The van der Waals surface area contributed by atoms with Gasteiger partial charge in [-0.25, -0.2) is 9.78 Å². The minimum atomic E-state index is -2.21. The fraction of sp³-hybridized carbons (Fsp3) is 0.286. The predicted octanol–water partition coefficient (Wildman–Crippen LogP) is 1.52.